The van der Waals surface area contributed by atoms with Crippen molar-refractivity contribution in [3.05, 3.63) is 10.8 Å². The highest BCUT2D eigenvalue weighted by molar-refractivity contribution is 6.83. The number of methoxy groups -OCH3 is 2. The Morgan fingerprint density at radius 2 is 1.70 bits per heavy atom. The van der Waals surface area contributed by atoms with E-state index in [1.54, 1.807) is 0 Å². The summed E-state index contributed by atoms with van der Waals surface area (Å²) in [5.41, 5.74) is -0.156. The van der Waals surface area contributed by atoms with Crippen LogP contribution in [0.5, 0.6) is 0 Å². The third-order valence-electron chi connectivity index (χ3n) is 5.27. The SMILES string of the molecule is CCCC/C(=C1\CC(C(=O)OC)(C(=O)OC)CC1OCC(C)C)[Si](C)(C)C. The molecule has 1 saturated carbocycles. The maximum Gasteiger partial charge on any atom is 0.323 e. The van der Waals surface area contributed by atoms with Crippen molar-refractivity contribution in [1.29, 1.82) is 0 Å². The Morgan fingerprint density at radius 1 is 1.15 bits per heavy atom. The minimum atomic E-state index is -1.64. The predicted octanol–water partition coefficient (Wildman–Crippen LogP) is 4.52. The summed E-state index contributed by atoms with van der Waals surface area (Å²) in [7, 11) is 1.01. The van der Waals surface area contributed by atoms with Gasteiger partial charge in [-0.3, -0.25) is 9.59 Å². The lowest BCUT2D eigenvalue weighted by molar-refractivity contribution is -0.169. The van der Waals surface area contributed by atoms with Gasteiger partial charge in [-0.1, -0.05) is 58.5 Å². The molecule has 0 aromatic heterocycles. The average Bonchev–Trinajstić information content (AvgIpc) is 2.98. The summed E-state index contributed by atoms with van der Waals surface area (Å²) in [5.74, 6) is -0.663. The summed E-state index contributed by atoms with van der Waals surface area (Å²) in [6.45, 7) is 13.9. The smallest absolute Gasteiger partial charge is 0.323 e. The molecule has 156 valence electrons. The zero-order valence-electron chi connectivity index (χ0n) is 18.4. The fraction of sp³-hybridized carbons (Fsp3) is 0.810. The average molecular weight is 399 g/mol. The fourth-order valence-corrected chi connectivity index (χ4v) is 6.02. The van der Waals surface area contributed by atoms with Gasteiger partial charge in [0.05, 0.1) is 28.4 Å². The lowest BCUT2D eigenvalue weighted by atomic mass is 9.85. The molecule has 0 heterocycles. The first-order valence-corrected chi connectivity index (χ1v) is 13.5. The molecule has 0 bridgehead atoms. The van der Waals surface area contributed by atoms with Gasteiger partial charge < -0.3 is 14.2 Å². The molecule has 1 rings (SSSR count). The second-order valence-electron chi connectivity index (χ2n) is 9.02. The van der Waals surface area contributed by atoms with E-state index in [4.69, 9.17) is 14.2 Å². The summed E-state index contributed by atoms with van der Waals surface area (Å²) >= 11 is 0. The number of carbonyl (C=O) groups excluding carboxylic acids is 2. The first kappa shape index (κ1) is 23.9. The number of carbonyl (C=O) groups is 2. The molecule has 1 aliphatic rings. The van der Waals surface area contributed by atoms with Crippen LogP contribution in [0.2, 0.25) is 19.6 Å². The molecule has 0 aromatic carbocycles. The second-order valence-corrected chi connectivity index (χ2v) is 14.1. The molecule has 0 saturated heterocycles. The molecule has 1 fully saturated rings. The van der Waals surface area contributed by atoms with Crippen molar-refractivity contribution in [2.24, 2.45) is 11.3 Å². The number of hydrogen-bond acceptors (Lipinski definition) is 5. The minimum Gasteiger partial charge on any atom is -0.468 e. The third kappa shape index (κ3) is 5.67. The van der Waals surface area contributed by atoms with Crippen molar-refractivity contribution in [2.45, 2.75) is 78.6 Å². The number of allylic oxidation sites excluding steroid dienone is 1. The number of hydrogen-bond donors (Lipinski definition) is 0. The van der Waals surface area contributed by atoms with Crippen LogP contribution in [0.3, 0.4) is 0 Å². The summed E-state index contributed by atoms with van der Waals surface area (Å²) in [5, 5.41) is 1.42. The predicted molar refractivity (Wildman–Crippen MR) is 110 cm³/mol. The fourth-order valence-electron chi connectivity index (χ4n) is 3.88. The van der Waals surface area contributed by atoms with Crippen molar-refractivity contribution in [3.8, 4) is 0 Å². The van der Waals surface area contributed by atoms with Gasteiger partial charge in [0.2, 0.25) is 0 Å². The monoisotopic (exact) mass is 398 g/mol. The molecular formula is C21H38O5Si. The number of rotatable bonds is 9. The Morgan fingerprint density at radius 3 is 2.11 bits per heavy atom. The molecular weight excluding hydrogens is 360 g/mol. The third-order valence-corrected chi connectivity index (χ3v) is 7.65. The highest BCUT2D eigenvalue weighted by Crippen LogP contribution is 2.48. The maximum absolute atomic E-state index is 12.7. The number of ether oxygens (including phenoxy) is 3. The Labute approximate surface area is 165 Å². The van der Waals surface area contributed by atoms with E-state index in [0.29, 0.717) is 25.4 Å². The quantitative estimate of drug-likeness (QED) is 0.325. The van der Waals surface area contributed by atoms with E-state index in [1.807, 2.05) is 0 Å². The first-order chi connectivity index (χ1) is 12.5. The van der Waals surface area contributed by atoms with E-state index in [1.165, 1.54) is 19.4 Å². The molecule has 0 radical (unpaired) electrons. The molecule has 0 aromatic rings. The van der Waals surface area contributed by atoms with E-state index in [2.05, 4.69) is 40.4 Å². The van der Waals surface area contributed by atoms with Crippen LogP contribution in [0.15, 0.2) is 10.8 Å². The van der Waals surface area contributed by atoms with Crippen LogP contribution >= 0.6 is 0 Å². The van der Waals surface area contributed by atoms with Gasteiger partial charge in [-0.25, -0.2) is 0 Å². The molecule has 1 aliphatic carbocycles. The van der Waals surface area contributed by atoms with Crippen molar-refractivity contribution in [2.75, 3.05) is 20.8 Å². The maximum atomic E-state index is 12.7. The van der Waals surface area contributed by atoms with Gasteiger partial charge in [-0.05, 0) is 24.3 Å². The first-order valence-electron chi connectivity index (χ1n) is 10.0. The highest BCUT2D eigenvalue weighted by Gasteiger charge is 2.56. The van der Waals surface area contributed by atoms with Gasteiger partial charge in [-0.15, -0.1) is 0 Å². The Hall–Kier alpha value is -1.14. The van der Waals surface area contributed by atoms with Crippen molar-refractivity contribution in [3.63, 3.8) is 0 Å². The molecule has 5 nitrogen and oxygen atoms in total. The van der Waals surface area contributed by atoms with Crippen molar-refractivity contribution in [1.82, 2.24) is 0 Å². The molecule has 6 heteroatoms. The van der Waals surface area contributed by atoms with Gasteiger partial charge in [0.15, 0.2) is 5.41 Å². The van der Waals surface area contributed by atoms with Gasteiger partial charge in [0, 0.05) is 13.0 Å². The van der Waals surface area contributed by atoms with Crippen LogP contribution in [0.4, 0.5) is 0 Å². The van der Waals surface area contributed by atoms with Crippen molar-refractivity contribution < 1.29 is 23.8 Å². The summed E-state index contributed by atoms with van der Waals surface area (Å²) in [6, 6.07) is 0. The lowest BCUT2D eigenvalue weighted by Gasteiger charge is -2.27. The molecule has 0 N–H and O–H groups in total. The lowest BCUT2D eigenvalue weighted by Crippen LogP contribution is -2.39. The molecule has 27 heavy (non-hydrogen) atoms. The Kier molecular flexibility index (Phi) is 8.74. The molecule has 1 unspecified atom stereocenters. The Bertz CT molecular complexity index is 543. The van der Waals surface area contributed by atoms with Crippen LogP contribution in [0.25, 0.3) is 0 Å². The normalized spacial score (nSPS) is 21.3. The van der Waals surface area contributed by atoms with E-state index in [-0.39, 0.29) is 6.10 Å². The minimum absolute atomic E-state index is 0.232. The van der Waals surface area contributed by atoms with Crippen LogP contribution in [0, 0.1) is 11.3 Å². The summed E-state index contributed by atoms with van der Waals surface area (Å²) < 4.78 is 16.3. The van der Waals surface area contributed by atoms with Gasteiger partial charge in [0.25, 0.3) is 0 Å². The molecule has 1 atom stereocenters. The van der Waals surface area contributed by atoms with Crippen LogP contribution in [-0.2, 0) is 23.8 Å². The highest BCUT2D eigenvalue weighted by atomic mass is 28.3. The van der Waals surface area contributed by atoms with E-state index < -0.39 is 25.4 Å². The van der Waals surface area contributed by atoms with Crippen LogP contribution in [0.1, 0.15) is 52.9 Å². The zero-order valence-corrected chi connectivity index (χ0v) is 19.4. The van der Waals surface area contributed by atoms with Gasteiger partial charge >= 0.3 is 11.9 Å². The molecule has 0 aliphatic heterocycles. The number of unbranched alkanes of at least 4 members (excludes halogenated alkanes) is 1. The molecule has 0 spiro atoms. The topological polar surface area (TPSA) is 61.8 Å². The zero-order chi connectivity index (χ0) is 20.8. The van der Waals surface area contributed by atoms with Gasteiger partial charge in [0.1, 0.15) is 0 Å². The summed E-state index contributed by atoms with van der Waals surface area (Å²) in [6.07, 6.45) is 3.62. The van der Waals surface area contributed by atoms with E-state index in [9.17, 15) is 9.59 Å². The van der Waals surface area contributed by atoms with E-state index >= 15 is 0 Å². The standard InChI is InChI=1S/C21H38O5Si/c1-9-10-11-18(27(6,7)8)16-12-21(19(22)24-4,20(23)25-5)13-17(16)26-14-15(2)3/h15,17H,9-14H2,1-8H3/b18-16-. The largest absolute Gasteiger partial charge is 0.468 e. The van der Waals surface area contributed by atoms with Crippen LogP contribution in [-0.4, -0.2) is 46.9 Å². The van der Waals surface area contributed by atoms with Crippen molar-refractivity contribution >= 4 is 20.0 Å². The Balaban J connectivity index is 3.48. The van der Waals surface area contributed by atoms with Gasteiger partial charge in [-0.2, -0.15) is 0 Å². The van der Waals surface area contributed by atoms with E-state index in [0.717, 1.165) is 24.8 Å². The molecule has 0 amide bonds. The summed E-state index contributed by atoms with van der Waals surface area (Å²) in [4.78, 5) is 25.3. The van der Waals surface area contributed by atoms with Crippen LogP contribution < -0.4 is 0 Å². The number of esters is 2. The second kappa shape index (κ2) is 9.87.